The van der Waals surface area contributed by atoms with E-state index < -0.39 is 6.16 Å². The molecule has 35 heavy (non-hydrogen) atoms. The molecule has 1 aromatic heterocycles. The molecule has 1 aliphatic heterocycles. The van der Waals surface area contributed by atoms with Crippen molar-refractivity contribution in [2.24, 2.45) is 0 Å². The van der Waals surface area contributed by atoms with Crippen LogP contribution in [0.1, 0.15) is 39.2 Å². The highest BCUT2D eigenvalue weighted by molar-refractivity contribution is 5.80. The Hall–Kier alpha value is -3.58. The summed E-state index contributed by atoms with van der Waals surface area (Å²) in [4.78, 5) is 17.3. The van der Waals surface area contributed by atoms with Crippen molar-refractivity contribution >= 4 is 11.8 Å². The Morgan fingerprint density at radius 2 is 1.71 bits per heavy atom. The largest absolute Gasteiger partial charge is 0.512 e. The molecule has 3 aromatic rings. The molecule has 0 aliphatic carbocycles. The van der Waals surface area contributed by atoms with E-state index in [1.54, 1.807) is 12.3 Å². The van der Waals surface area contributed by atoms with Crippen LogP contribution in [-0.4, -0.2) is 47.7 Å². The maximum absolute atomic E-state index is 10.8. The van der Waals surface area contributed by atoms with Gasteiger partial charge in [-0.2, -0.15) is 0 Å². The third kappa shape index (κ3) is 5.74. The molecule has 1 saturated heterocycles. The molecule has 1 fully saturated rings. The van der Waals surface area contributed by atoms with Gasteiger partial charge in [0, 0.05) is 42.2 Å². The number of hydrogen-bond donors (Lipinski definition) is 2. The number of hydrogen-bond acceptors (Lipinski definition) is 6. The highest BCUT2D eigenvalue weighted by Crippen LogP contribution is 2.40. The van der Waals surface area contributed by atoms with Crippen molar-refractivity contribution in [1.29, 1.82) is 0 Å². The second-order valence-electron chi connectivity index (χ2n) is 9.71. The maximum Gasteiger partial charge on any atom is 0.512 e. The zero-order valence-corrected chi connectivity index (χ0v) is 20.5. The summed E-state index contributed by atoms with van der Waals surface area (Å²) >= 11 is 0. The Balaban J connectivity index is 1.77. The average Bonchev–Trinajstić information content (AvgIpc) is 3.37. The van der Waals surface area contributed by atoms with Crippen LogP contribution in [0.2, 0.25) is 0 Å². The third-order valence-corrected chi connectivity index (χ3v) is 6.15. The molecule has 2 aromatic carbocycles. The summed E-state index contributed by atoms with van der Waals surface area (Å²) in [5, 5.41) is 18.1. The van der Waals surface area contributed by atoms with Gasteiger partial charge >= 0.3 is 6.16 Å². The molecule has 0 radical (unpaired) electrons. The van der Waals surface area contributed by atoms with Crippen molar-refractivity contribution in [2.45, 2.75) is 39.0 Å². The van der Waals surface area contributed by atoms with Crippen LogP contribution in [0.5, 0.6) is 11.6 Å². The van der Waals surface area contributed by atoms with Crippen LogP contribution in [0.3, 0.4) is 0 Å². The number of carboxylic acid groups (broad SMARTS) is 1. The van der Waals surface area contributed by atoms with Gasteiger partial charge in [-0.3, -0.25) is 0 Å². The van der Waals surface area contributed by atoms with Gasteiger partial charge in [0.05, 0.1) is 6.61 Å². The number of rotatable bonds is 7. The summed E-state index contributed by atoms with van der Waals surface area (Å²) in [6.45, 7) is 8.99. The van der Waals surface area contributed by atoms with E-state index in [4.69, 9.17) is 9.84 Å². The van der Waals surface area contributed by atoms with Gasteiger partial charge < -0.3 is 24.6 Å². The molecule has 1 aliphatic rings. The number of aliphatic hydroxyl groups is 1. The quantitative estimate of drug-likeness (QED) is 0.420. The highest BCUT2D eigenvalue weighted by atomic mass is 16.7. The smallest absolute Gasteiger partial charge is 0.491 e. The topological polar surface area (TPSA) is 92.1 Å². The van der Waals surface area contributed by atoms with E-state index in [1.165, 1.54) is 30.2 Å². The summed E-state index contributed by atoms with van der Waals surface area (Å²) < 4.78 is 10.5. The standard InChI is InChI=1S/C28H32N2O5/c1-28(2,3)23-17-20(6-9-24(23)30-12-4-5-13-30)22-16-19(7-10-25(22)34-15-14-31)21-8-11-26(29-18-21)35-27(32)33/h6-11,16-18,31H,4-5,12-15H2,1-3H3,(H,32,33). The van der Waals surface area contributed by atoms with Gasteiger partial charge in [0.1, 0.15) is 12.4 Å². The molecule has 0 atom stereocenters. The van der Waals surface area contributed by atoms with Gasteiger partial charge in [-0.15, -0.1) is 0 Å². The predicted molar refractivity (Wildman–Crippen MR) is 136 cm³/mol. The SMILES string of the molecule is CC(C)(C)c1cc(-c2cc(-c3ccc(OC(=O)O)nc3)ccc2OCCO)ccc1N1CCCC1. The number of aliphatic hydroxyl groups excluding tert-OH is 1. The second kappa shape index (κ2) is 10.4. The molecule has 0 unspecified atom stereocenters. The zero-order valence-electron chi connectivity index (χ0n) is 20.5. The van der Waals surface area contributed by atoms with Gasteiger partial charge in [0.15, 0.2) is 0 Å². The van der Waals surface area contributed by atoms with Gasteiger partial charge in [-0.1, -0.05) is 32.9 Å². The molecule has 0 bridgehead atoms. The maximum atomic E-state index is 10.8. The molecule has 4 rings (SSSR count). The van der Waals surface area contributed by atoms with E-state index in [1.807, 2.05) is 18.2 Å². The Labute approximate surface area is 206 Å². The molecule has 7 heteroatoms. The average molecular weight is 477 g/mol. The minimum atomic E-state index is -1.40. The summed E-state index contributed by atoms with van der Waals surface area (Å²) in [6.07, 6.45) is 2.63. The zero-order chi connectivity index (χ0) is 25.0. The first-order chi connectivity index (χ1) is 16.8. The fourth-order valence-electron chi connectivity index (χ4n) is 4.46. The molecule has 7 nitrogen and oxygen atoms in total. The Kier molecular flexibility index (Phi) is 7.26. The first-order valence-electron chi connectivity index (χ1n) is 11.9. The molecule has 2 N–H and O–H groups in total. The number of carbonyl (C=O) groups is 1. The Morgan fingerprint density at radius 3 is 2.34 bits per heavy atom. The first-order valence-corrected chi connectivity index (χ1v) is 11.9. The summed E-state index contributed by atoms with van der Waals surface area (Å²) in [5.41, 5.74) is 6.21. The molecular formula is C28H32N2O5. The molecule has 0 saturated carbocycles. The van der Waals surface area contributed by atoms with Gasteiger partial charge in [0.25, 0.3) is 0 Å². The van der Waals surface area contributed by atoms with Crippen molar-refractivity contribution in [3.05, 3.63) is 60.3 Å². The van der Waals surface area contributed by atoms with Crippen LogP contribution in [0.25, 0.3) is 22.3 Å². The molecule has 2 heterocycles. The lowest BCUT2D eigenvalue weighted by Gasteiger charge is -2.29. The van der Waals surface area contributed by atoms with Crippen LogP contribution < -0.4 is 14.4 Å². The van der Waals surface area contributed by atoms with E-state index in [-0.39, 0.29) is 24.5 Å². The number of benzene rings is 2. The van der Waals surface area contributed by atoms with Crippen molar-refractivity contribution in [1.82, 2.24) is 4.98 Å². The minimum Gasteiger partial charge on any atom is -0.491 e. The van der Waals surface area contributed by atoms with Crippen LogP contribution >= 0.6 is 0 Å². The number of aromatic nitrogens is 1. The normalized spacial score (nSPS) is 13.7. The lowest BCUT2D eigenvalue weighted by molar-refractivity contribution is 0.142. The number of ether oxygens (including phenoxy) is 2. The Morgan fingerprint density at radius 1 is 1.00 bits per heavy atom. The van der Waals surface area contributed by atoms with Crippen LogP contribution in [0.15, 0.2) is 54.7 Å². The number of nitrogens with zero attached hydrogens (tertiary/aromatic N) is 2. The van der Waals surface area contributed by atoms with Gasteiger partial charge in [-0.25, -0.2) is 9.78 Å². The van der Waals surface area contributed by atoms with Crippen LogP contribution in [0, 0.1) is 0 Å². The number of pyridine rings is 1. The lowest BCUT2D eigenvalue weighted by atomic mass is 9.83. The fraction of sp³-hybridized carbons (Fsp3) is 0.357. The van der Waals surface area contributed by atoms with Crippen LogP contribution in [0.4, 0.5) is 10.5 Å². The lowest BCUT2D eigenvalue weighted by Crippen LogP contribution is -2.23. The monoisotopic (exact) mass is 476 g/mol. The highest BCUT2D eigenvalue weighted by Gasteiger charge is 2.24. The van der Waals surface area contributed by atoms with E-state index in [0.717, 1.165) is 35.3 Å². The van der Waals surface area contributed by atoms with Crippen molar-refractivity contribution < 1.29 is 24.5 Å². The Bertz CT molecular complexity index is 1180. The molecule has 184 valence electrons. The van der Waals surface area contributed by atoms with Gasteiger partial charge in [-0.05, 0) is 65.3 Å². The number of anilines is 1. The third-order valence-electron chi connectivity index (χ3n) is 6.15. The van der Waals surface area contributed by atoms with Crippen molar-refractivity contribution in [3.8, 4) is 33.9 Å². The first kappa shape index (κ1) is 24.5. The summed E-state index contributed by atoms with van der Waals surface area (Å²) in [5.74, 6) is 0.715. The van der Waals surface area contributed by atoms with E-state index in [2.05, 4.69) is 53.6 Å². The molecular weight excluding hydrogens is 444 g/mol. The van der Waals surface area contributed by atoms with Crippen molar-refractivity contribution in [2.75, 3.05) is 31.2 Å². The van der Waals surface area contributed by atoms with E-state index in [9.17, 15) is 9.90 Å². The summed E-state index contributed by atoms with van der Waals surface area (Å²) in [7, 11) is 0. The summed E-state index contributed by atoms with van der Waals surface area (Å²) in [6, 6.07) is 15.8. The molecule has 0 spiro atoms. The van der Waals surface area contributed by atoms with Gasteiger partial charge in [0.2, 0.25) is 5.88 Å². The van der Waals surface area contributed by atoms with E-state index in [0.29, 0.717) is 5.75 Å². The predicted octanol–water partition coefficient (Wildman–Crippen LogP) is 5.74. The van der Waals surface area contributed by atoms with E-state index >= 15 is 0 Å². The van der Waals surface area contributed by atoms with Crippen LogP contribution in [-0.2, 0) is 5.41 Å². The minimum absolute atomic E-state index is 0.0247. The fourth-order valence-corrected chi connectivity index (χ4v) is 4.46. The van der Waals surface area contributed by atoms with Crippen molar-refractivity contribution in [3.63, 3.8) is 0 Å². The second-order valence-corrected chi connectivity index (χ2v) is 9.71. The molecule has 0 amide bonds.